The third-order valence-corrected chi connectivity index (χ3v) is 1.80. The van der Waals surface area contributed by atoms with Crippen LogP contribution in [0.25, 0.3) is 0 Å². The predicted octanol–water partition coefficient (Wildman–Crippen LogP) is 2.04. The van der Waals surface area contributed by atoms with Gasteiger partial charge in [-0.3, -0.25) is 0 Å². The zero-order chi connectivity index (χ0) is 9.35. The van der Waals surface area contributed by atoms with Gasteiger partial charge < -0.3 is 5.11 Å². The number of alkyl halides is 3. The van der Waals surface area contributed by atoms with Crippen molar-refractivity contribution in [2.45, 2.75) is 19.2 Å². The summed E-state index contributed by atoms with van der Waals surface area (Å²) in [6.07, 6.45) is -2.18. The van der Waals surface area contributed by atoms with E-state index in [0.717, 1.165) is 12.2 Å². The van der Waals surface area contributed by atoms with Crippen LogP contribution in [0.1, 0.15) is 6.92 Å². The van der Waals surface area contributed by atoms with Gasteiger partial charge in [0, 0.05) is 5.92 Å². The molecule has 0 aromatic carbocycles. The maximum atomic E-state index is 12.0. The molecule has 0 saturated carbocycles. The molecule has 1 aliphatic carbocycles. The lowest BCUT2D eigenvalue weighted by atomic mass is 9.95. The van der Waals surface area contributed by atoms with Crippen molar-refractivity contribution in [1.82, 2.24) is 0 Å². The number of aliphatic hydroxyl groups is 1. The van der Waals surface area contributed by atoms with Gasteiger partial charge in [-0.15, -0.1) is 0 Å². The van der Waals surface area contributed by atoms with E-state index in [1.165, 1.54) is 6.08 Å². The Morgan fingerprint density at radius 1 is 1.42 bits per heavy atom. The second kappa shape index (κ2) is 2.94. The maximum absolute atomic E-state index is 12.0. The molecule has 4 heteroatoms. The summed E-state index contributed by atoms with van der Waals surface area (Å²) in [5.41, 5.74) is -0.770. The average molecular weight is 178 g/mol. The molecule has 2 unspecified atom stereocenters. The summed E-state index contributed by atoms with van der Waals surface area (Å²) in [5.74, 6) is -0.240. The normalized spacial score (nSPS) is 30.2. The Bertz CT molecular complexity index is 227. The first-order valence-corrected chi connectivity index (χ1v) is 3.56. The summed E-state index contributed by atoms with van der Waals surface area (Å²) in [5, 5.41) is 9.08. The number of hydrogen-bond acceptors (Lipinski definition) is 1. The molecule has 0 saturated heterocycles. The number of rotatable bonds is 0. The van der Waals surface area contributed by atoms with Crippen LogP contribution in [0.3, 0.4) is 0 Å². The molecule has 0 spiro atoms. The number of hydrogen-bond donors (Lipinski definition) is 1. The van der Waals surface area contributed by atoms with E-state index >= 15 is 0 Å². The van der Waals surface area contributed by atoms with Crippen LogP contribution in [0.4, 0.5) is 13.2 Å². The number of allylic oxidation sites excluding steroid dienone is 2. The van der Waals surface area contributed by atoms with E-state index < -0.39 is 17.9 Å². The van der Waals surface area contributed by atoms with Crippen LogP contribution in [-0.2, 0) is 0 Å². The van der Waals surface area contributed by atoms with Crippen molar-refractivity contribution in [1.29, 1.82) is 0 Å². The fourth-order valence-corrected chi connectivity index (χ4v) is 0.950. The third kappa shape index (κ3) is 1.88. The molecule has 0 amide bonds. The maximum Gasteiger partial charge on any atom is 0.416 e. The average Bonchev–Trinajstić information content (AvgIpc) is 1.92. The first kappa shape index (κ1) is 9.32. The molecule has 1 nitrogen and oxygen atoms in total. The zero-order valence-corrected chi connectivity index (χ0v) is 6.47. The van der Waals surface area contributed by atoms with Crippen molar-refractivity contribution >= 4 is 0 Å². The molecular weight excluding hydrogens is 169 g/mol. The number of halogens is 3. The standard InChI is InChI=1S/C8H9F3O/c1-5-2-3-6(4-7(5)12)8(9,10)11/h2-5,7,12H,1H3. The lowest BCUT2D eigenvalue weighted by molar-refractivity contribution is -0.0896. The highest BCUT2D eigenvalue weighted by Crippen LogP contribution is 2.30. The number of aliphatic hydroxyl groups excluding tert-OH is 1. The highest BCUT2D eigenvalue weighted by molar-refractivity contribution is 5.29. The van der Waals surface area contributed by atoms with E-state index in [9.17, 15) is 13.2 Å². The van der Waals surface area contributed by atoms with Crippen molar-refractivity contribution in [3.05, 3.63) is 23.8 Å². The molecule has 0 heterocycles. The topological polar surface area (TPSA) is 20.2 Å². The van der Waals surface area contributed by atoms with Crippen LogP contribution in [0.15, 0.2) is 23.8 Å². The van der Waals surface area contributed by atoms with E-state index in [0.29, 0.717) is 0 Å². The molecule has 0 aromatic heterocycles. The second-order valence-electron chi connectivity index (χ2n) is 2.83. The largest absolute Gasteiger partial charge is 0.416 e. The Morgan fingerprint density at radius 2 is 2.00 bits per heavy atom. The Hall–Kier alpha value is -0.770. The van der Waals surface area contributed by atoms with E-state index in [4.69, 9.17) is 5.11 Å². The Kier molecular flexibility index (Phi) is 2.28. The highest BCUT2D eigenvalue weighted by Gasteiger charge is 2.34. The van der Waals surface area contributed by atoms with Crippen molar-refractivity contribution in [2.75, 3.05) is 0 Å². The smallest absolute Gasteiger partial charge is 0.388 e. The highest BCUT2D eigenvalue weighted by atomic mass is 19.4. The second-order valence-corrected chi connectivity index (χ2v) is 2.83. The summed E-state index contributed by atoms with van der Waals surface area (Å²) in [6.45, 7) is 1.66. The molecule has 0 aromatic rings. The summed E-state index contributed by atoms with van der Waals surface area (Å²) < 4.78 is 36.0. The molecule has 1 aliphatic rings. The lowest BCUT2D eigenvalue weighted by Crippen LogP contribution is -2.21. The third-order valence-electron chi connectivity index (χ3n) is 1.80. The summed E-state index contributed by atoms with van der Waals surface area (Å²) in [7, 11) is 0. The Morgan fingerprint density at radius 3 is 2.42 bits per heavy atom. The van der Waals surface area contributed by atoms with Gasteiger partial charge in [0.2, 0.25) is 0 Å². The van der Waals surface area contributed by atoms with E-state index in [1.54, 1.807) is 6.92 Å². The van der Waals surface area contributed by atoms with Gasteiger partial charge in [0.25, 0.3) is 0 Å². The van der Waals surface area contributed by atoms with Gasteiger partial charge in [-0.2, -0.15) is 13.2 Å². The van der Waals surface area contributed by atoms with Gasteiger partial charge in [0.1, 0.15) is 0 Å². The van der Waals surface area contributed by atoms with E-state index in [-0.39, 0.29) is 5.92 Å². The first-order chi connectivity index (χ1) is 5.41. The molecule has 0 fully saturated rings. The van der Waals surface area contributed by atoms with Crippen LogP contribution >= 0.6 is 0 Å². The minimum absolute atomic E-state index is 0.240. The van der Waals surface area contributed by atoms with Gasteiger partial charge in [0.05, 0.1) is 11.7 Å². The molecule has 0 radical (unpaired) electrons. The fourth-order valence-electron chi connectivity index (χ4n) is 0.950. The molecular formula is C8H9F3O. The van der Waals surface area contributed by atoms with Crippen molar-refractivity contribution in [3.8, 4) is 0 Å². The minimum Gasteiger partial charge on any atom is -0.388 e. The quantitative estimate of drug-likeness (QED) is 0.601. The Labute approximate surface area is 68.2 Å². The first-order valence-electron chi connectivity index (χ1n) is 3.56. The fraction of sp³-hybridized carbons (Fsp3) is 0.500. The molecule has 1 N–H and O–H groups in total. The van der Waals surface area contributed by atoms with Crippen LogP contribution in [0.2, 0.25) is 0 Å². The molecule has 0 aliphatic heterocycles. The lowest BCUT2D eigenvalue weighted by Gasteiger charge is -2.19. The molecule has 2 atom stereocenters. The monoisotopic (exact) mass is 178 g/mol. The van der Waals surface area contributed by atoms with Gasteiger partial charge in [-0.05, 0) is 6.08 Å². The molecule has 68 valence electrons. The van der Waals surface area contributed by atoms with E-state index in [2.05, 4.69) is 0 Å². The van der Waals surface area contributed by atoms with Crippen LogP contribution in [-0.4, -0.2) is 17.4 Å². The zero-order valence-electron chi connectivity index (χ0n) is 6.47. The van der Waals surface area contributed by atoms with Gasteiger partial charge in [0.15, 0.2) is 0 Å². The summed E-state index contributed by atoms with van der Waals surface area (Å²) in [4.78, 5) is 0. The van der Waals surface area contributed by atoms with E-state index in [1.807, 2.05) is 0 Å². The van der Waals surface area contributed by atoms with Crippen molar-refractivity contribution in [3.63, 3.8) is 0 Å². The SMILES string of the molecule is CC1C=CC(C(F)(F)F)=CC1O. The summed E-state index contributed by atoms with van der Waals surface area (Å²) in [6, 6.07) is 0. The van der Waals surface area contributed by atoms with Gasteiger partial charge in [-0.25, -0.2) is 0 Å². The Balaban J connectivity index is 2.84. The van der Waals surface area contributed by atoms with Gasteiger partial charge >= 0.3 is 6.18 Å². The minimum atomic E-state index is -4.35. The molecule has 0 bridgehead atoms. The van der Waals surface area contributed by atoms with Crippen LogP contribution in [0, 0.1) is 5.92 Å². The van der Waals surface area contributed by atoms with Crippen molar-refractivity contribution in [2.24, 2.45) is 5.92 Å². The van der Waals surface area contributed by atoms with Gasteiger partial charge in [-0.1, -0.05) is 19.1 Å². The van der Waals surface area contributed by atoms with Crippen LogP contribution in [0.5, 0.6) is 0 Å². The molecule has 12 heavy (non-hydrogen) atoms. The van der Waals surface area contributed by atoms with Crippen molar-refractivity contribution < 1.29 is 18.3 Å². The predicted molar refractivity (Wildman–Crippen MR) is 38.4 cm³/mol. The summed E-state index contributed by atoms with van der Waals surface area (Å²) >= 11 is 0. The molecule has 1 rings (SSSR count). The van der Waals surface area contributed by atoms with Crippen LogP contribution < -0.4 is 0 Å².